The molecule has 8 aromatic carbocycles. The first-order chi connectivity index (χ1) is 27.2. The van der Waals surface area contributed by atoms with Crippen molar-refractivity contribution >= 4 is 65.4 Å². The fraction of sp³-hybridized carbons (Fsp3) is 0. The summed E-state index contributed by atoms with van der Waals surface area (Å²) >= 11 is 0. The van der Waals surface area contributed by atoms with Crippen LogP contribution in [0.2, 0.25) is 0 Å². The number of hydrogen-bond donors (Lipinski definition) is 0. The lowest BCUT2D eigenvalue weighted by Gasteiger charge is -2.17. The minimum Gasteiger partial charge on any atom is -0.309 e. The van der Waals surface area contributed by atoms with Crippen molar-refractivity contribution < 1.29 is 0 Å². The second-order valence-corrected chi connectivity index (χ2v) is 14.0. The summed E-state index contributed by atoms with van der Waals surface area (Å²) in [6.45, 7) is 0. The number of hydrogen-bond acceptors (Lipinski definition) is 2. The lowest BCUT2D eigenvalue weighted by Crippen LogP contribution is -2.00. The van der Waals surface area contributed by atoms with Crippen LogP contribution in [0.25, 0.3) is 93.6 Å². The molecule has 0 N–H and O–H groups in total. The second-order valence-electron chi connectivity index (χ2n) is 14.0. The molecule has 5 heteroatoms. The van der Waals surface area contributed by atoms with Gasteiger partial charge in [0.25, 0.3) is 0 Å². The molecule has 55 heavy (non-hydrogen) atoms. The minimum absolute atomic E-state index is 0.585. The first-order valence-corrected chi connectivity index (χ1v) is 18.3. The van der Waals surface area contributed by atoms with Gasteiger partial charge in [0.15, 0.2) is 0 Å². The van der Waals surface area contributed by atoms with E-state index in [9.17, 15) is 10.5 Å². The zero-order valence-corrected chi connectivity index (χ0v) is 29.5. The Morgan fingerprint density at radius 3 is 1.38 bits per heavy atom. The maximum absolute atomic E-state index is 10.6. The summed E-state index contributed by atoms with van der Waals surface area (Å²) in [5.41, 5.74) is 12.4. The number of benzene rings is 8. The van der Waals surface area contributed by atoms with Crippen molar-refractivity contribution in [3.63, 3.8) is 0 Å². The maximum atomic E-state index is 10.6. The minimum atomic E-state index is 0.585. The van der Waals surface area contributed by atoms with Gasteiger partial charge in [-0.3, -0.25) is 0 Å². The van der Waals surface area contributed by atoms with Crippen LogP contribution in [0.3, 0.4) is 0 Å². The van der Waals surface area contributed by atoms with E-state index in [0.717, 1.165) is 82.8 Å². The third-order valence-corrected chi connectivity index (χ3v) is 11.1. The Morgan fingerprint density at radius 1 is 0.327 bits per heavy atom. The van der Waals surface area contributed by atoms with Crippen LogP contribution in [0.5, 0.6) is 0 Å². The van der Waals surface area contributed by atoms with E-state index in [0.29, 0.717) is 11.1 Å². The summed E-state index contributed by atoms with van der Waals surface area (Å²) in [6.07, 6.45) is 0. The van der Waals surface area contributed by atoms with Crippen LogP contribution < -0.4 is 0 Å². The number of aromatic nitrogens is 3. The molecule has 0 bridgehead atoms. The summed E-state index contributed by atoms with van der Waals surface area (Å²) in [5, 5.41) is 27.4. The Morgan fingerprint density at radius 2 is 0.782 bits per heavy atom. The third-order valence-electron chi connectivity index (χ3n) is 11.1. The van der Waals surface area contributed by atoms with Gasteiger partial charge in [0, 0.05) is 54.8 Å². The third kappa shape index (κ3) is 4.45. The highest BCUT2D eigenvalue weighted by atomic mass is 15.0. The molecule has 0 unspecified atom stereocenters. The monoisotopic (exact) mass is 699 g/mol. The van der Waals surface area contributed by atoms with Crippen LogP contribution in [0.15, 0.2) is 176 Å². The maximum Gasteiger partial charge on any atom is 0.0998 e. The molecule has 0 saturated carbocycles. The van der Waals surface area contributed by atoms with Gasteiger partial charge in [-0.2, -0.15) is 10.5 Å². The largest absolute Gasteiger partial charge is 0.309 e. The Labute approximate surface area is 316 Å². The van der Waals surface area contributed by atoms with E-state index >= 15 is 0 Å². The van der Waals surface area contributed by atoms with Gasteiger partial charge in [-0.1, -0.05) is 103 Å². The highest BCUT2D eigenvalue weighted by Crippen LogP contribution is 2.40. The molecule has 0 saturated heterocycles. The summed E-state index contributed by atoms with van der Waals surface area (Å²) in [6, 6.07) is 65.9. The van der Waals surface area contributed by atoms with Crippen molar-refractivity contribution in [1.82, 2.24) is 13.7 Å². The smallest absolute Gasteiger partial charge is 0.0998 e. The molecule has 0 aliphatic carbocycles. The number of nitrogens with zero attached hydrogens (tertiary/aromatic N) is 5. The van der Waals surface area contributed by atoms with Crippen molar-refractivity contribution in [2.45, 2.75) is 0 Å². The lowest BCUT2D eigenvalue weighted by atomic mass is 9.97. The van der Waals surface area contributed by atoms with E-state index < -0.39 is 0 Å². The molecule has 3 aromatic heterocycles. The fourth-order valence-electron chi connectivity index (χ4n) is 8.76. The van der Waals surface area contributed by atoms with E-state index in [1.165, 1.54) is 10.8 Å². The predicted molar refractivity (Wildman–Crippen MR) is 224 cm³/mol. The van der Waals surface area contributed by atoms with Crippen molar-refractivity contribution in [2.24, 2.45) is 0 Å². The molecular formula is C50H29N5. The molecular weight excluding hydrogens is 671 g/mol. The van der Waals surface area contributed by atoms with Crippen molar-refractivity contribution in [3.8, 4) is 40.3 Å². The Balaban J connectivity index is 1.17. The van der Waals surface area contributed by atoms with Crippen LogP contribution >= 0.6 is 0 Å². The zero-order valence-electron chi connectivity index (χ0n) is 29.5. The van der Waals surface area contributed by atoms with Crippen LogP contribution in [-0.4, -0.2) is 13.7 Å². The molecule has 254 valence electrons. The van der Waals surface area contributed by atoms with Gasteiger partial charge in [-0.25, -0.2) is 0 Å². The van der Waals surface area contributed by atoms with E-state index in [2.05, 4.69) is 153 Å². The van der Waals surface area contributed by atoms with Gasteiger partial charge >= 0.3 is 0 Å². The molecule has 0 amide bonds. The van der Waals surface area contributed by atoms with E-state index in [-0.39, 0.29) is 0 Å². The predicted octanol–water partition coefficient (Wildman–Crippen LogP) is 12.4. The van der Waals surface area contributed by atoms with Gasteiger partial charge in [-0.15, -0.1) is 0 Å². The van der Waals surface area contributed by atoms with E-state index in [1.807, 2.05) is 48.5 Å². The quantitative estimate of drug-likeness (QED) is 0.184. The topological polar surface area (TPSA) is 62.4 Å². The van der Waals surface area contributed by atoms with Gasteiger partial charge in [0.1, 0.15) is 0 Å². The fourth-order valence-corrected chi connectivity index (χ4v) is 8.76. The normalized spacial score (nSPS) is 11.6. The standard InChI is InChI=1S/C50H29N5/c51-30-32-21-25-41-39-14-4-9-19-47(39)55(49(41)27-32)48-20-10-5-15-40(48)43-28-34(23-22-33(43)31-52)54-46-18-8-3-13-38(46)42-26-24-35(29-50(42)54)53-44-16-6-1-11-36(44)37-12-2-7-17-45(37)53/h1-29H. The number of fused-ring (bicyclic) bond motifs is 9. The molecule has 3 heterocycles. The highest BCUT2D eigenvalue weighted by molar-refractivity contribution is 6.13. The molecule has 11 rings (SSSR count). The summed E-state index contributed by atoms with van der Waals surface area (Å²) in [7, 11) is 0. The Kier molecular flexibility index (Phi) is 6.61. The van der Waals surface area contributed by atoms with Gasteiger partial charge in [-0.05, 0) is 72.8 Å². The van der Waals surface area contributed by atoms with Gasteiger partial charge in [0.2, 0.25) is 0 Å². The number of para-hydroxylation sites is 5. The van der Waals surface area contributed by atoms with Gasteiger partial charge in [0.05, 0.1) is 62.1 Å². The molecule has 0 aliphatic rings. The van der Waals surface area contributed by atoms with Crippen LogP contribution in [-0.2, 0) is 0 Å². The van der Waals surface area contributed by atoms with Crippen molar-refractivity contribution in [1.29, 1.82) is 10.5 Å². The number of nitriles is 2. The molecule has 0 atom stereocenters. The SMILES string of the molecule is N#Cc1ccc2c3ccccc3n(-c3ccccc3-c3cc(-n4c5ccccc5c5ccc(-n6c7ccccc7c7ccccc76)cc54)ccc3C#N)c2c1. The number of rotatable bonds is 4. The van der Waals surface area contributed by atoms with Gasteiger partial charge < -0.3 is 13.7 Å². The molecule has 11 aromatic rings. The first kappa shape index (κ1) is 30.7. The molecule has 0 aliphatic heterocycles. The Bertz CT molecular complexity index is 3420. The lowest BCUT2D eigenvalue weighted by molar-refractivity contribution is 1.15. The van der Waals surface area contributed by atoms with E-state index in [1.54, 1.807) is 0 Å². The zero-order chi connectivity index (χ0) is 36.6. The summed E-state index contributed by atoms with van der Waals surface area (Å²) in [4.78, 5) is 0. The van der Waals surface area contributed by atoms with Crippen molar-refractivity contribution in [3.05, 3.63) is 187 Å². The summed E-state index contributed by atoms with van der Waals surface area (Å²) in [5.74, 6) is 0. The molecule has 0 fully saturated rings. The summed E-state index contributed by atoms with van der Waals surface area (Å²) < 4.78 is 6.91. The average molecular weight is 700 g/mol. The first-order valence-electron chi connectivity index (χ1n) is 18.3. The average Bonchev–Trinajstić information content (AvgIpc) is 3.88. The second kappa shape index (κ2) is 11.8. The van der Waals surface area contributed by atoms with Crippen molar-refractivity contribution in [2.75, 3.05) is 0 Å². The van der Waals surface area contributed by atoms with Crippen LogP contribution in [0, 0.1) is 22.7 Å². The highest BCUT2D eigenvalue weighted by Gasteiger charge is 2.20. The van der Waals surface area contributed by atoms with Crippen LogP contribution in [0.1, 0.15) is 11.1 Å². The molecule has 0 spiro atoms. The molecule has 0 radical (unpaired) electrons. The van der Waals surface area contributed by atoms with Crippen LogP contribution in [0.4, 0.5) is 0 Å². The Hall–Kier alpha value is -7.86. The van der Waals surface area contributed by atoms with E-state index in [4.69, 9.17) is 0 Å². The molecule has 5 nitrogen and oxygen atoms in total.